The fourth-order valence-corrected chi connectivity index (χ4v) is 5.05. The van der Waals surface area contributed by atoms with Gasteiger partial charge in [-0.3, -0.25) is 4.90 Å². The monoisotopic (exact) mass is 491 g/mol. The molecule has 0 aromatic heterocycles. The molecule has 33 heavy (non-hydrogen) atoms. The first-order valence-electron chi connectivity index (χ1n) is 9.99. The van der Waals surface area contributed by atoms with Crippen molar-refractivity contribution >= 4 is 21.6 Å². The van der Waals surface area contributed by atoms with Crippen LogP contribution in [0.5, 0.6) is 0 Å². The van der Waals surface area contributed by atoms with E-state index in [9.17, 15) is 35.2 Å². The Balaban J connectivity index is 1.89. The largest absolute Gasteiger partial charge is 0.442 e. The maximum atomic E-state index is 14.1. The number of cyclic esters (lactones) is 1. The lowest BCUT2D eigenvalue weighted by Crippen LogP contribution is -2.46. The number of benzene rings is 2. The molecule has 1 aliphatic rings. The summed E-state index contributed by atoms with van der Waals surface area (Å²) in [4.78, 5) is 13.1. The molecule has 0 saturated carbocycles. The van der Waals surface area contributed by atoms with Crippen LogP contribution in [0.15, 0.2) is 53.4 Å². The molecule has 5 nitrogen and oxygen atoms in total. The first-order chi connectivity index (χ1) is 15.1. The van der Waals surface area contributed by atoms with Crippen molar-refractivity contribution in [3.05, 3.63) is 59.7 Å². The van der Waals surface area contributed by atoms with E-state index in [0.29, 0.717) is 0 Å². The molecule has 1 fully saturated rings. The predicted molar refractivity (Wildman–Crippen MR) is 111 cm³/mol. The summed E-state index contributed by atoms with van der Waals surface area (Å²) in [5, 5.41) is 0. The van der Waals surface area contributed by atoms with Crippen molar-refractivity contribution in [2.75, 3.05) is 11.4 Å². The molecule has 1 saturated heterocycles. The zero-order chi connectivity index (χ0) is 24.8. The summed E-state index contributed by atoms with van der Waals surface area (Å²) < 4.78 is 96.8. The average Bonchev–Trinajstić information content (AvgIpc) is 3.15. The van der Waals surface area contributed by atoms with Crippen LogP contribution in [0.3, 0.4) is 0 Å². The van der Waals surface area contributed by atoms with E-state index in [-0.39, 0.29) is 17.1 Å². The van der Waals surface area contributed by atoms with Gasteiger partial charge in [-0.15, -0.1) is 0 Å². The van der Waals surface area contributed by atoms with Gasteiger partial charge in [0.2, 0.25) is 0 Å². The SMILES string of the molecule is CCC(F)(F)c1cccc(S(=O)(=O)C(C)(C)C2CN(c3ccc(C(F)(F)F)cc3)C(=O)O2)c1. The second kappa shape index (κ2) is 8.27. The lowest BCUT2D eigenvalue weighted by molar-refractivity contribution is -0.137. The lowest BCUT2D eigenvalue weighted by Gasteiger charge is -2.29. The Kier molecular flexibility index (Phi) is 6.25. The molecule has 0 aliphatic carbocycles. The maximum absolute atomic E-state index is 14.1. The summed E-state index contributed by atoms with van der Waals surface area (Å²) >= 11 is 0. The zero-order valence-electron chi connectivity index (χ0n) is 18.0. The summed E-state index contributed by atoms with van der Waals surface area (Å²) in [6.07, 6.45) is -7.18. The summed E-state index contributed by atoms with van der Waals surface area (Å²) in [6, 6.07) is 8.24. The highest BCUT2D eigenvalue weighted by molar-refractivity contribution is 7.92. The third kappa shape index (κ3) is 4.55. The Bertz CT molecular complexity index is 1140. The molecule has 2 aromatic rings. The molecule has 0 radical (unpaired) electrons. The minimum atomic E-state index is -4.55. The Hall–Kier alpha value is -2.69. The van der Waals surface area contributed by atoms with Crippen molar-refractivity contribution in [1.29, 1.82) is 0 Å². The molecular weight excluding hydrogens is 469 g/mol. The summed E-state index contributed by atoms with van der Waals surface area (Å²) in [6.45, 7) is 3.64. The number of ether oxygens (including phenoxy) is 1. The fourth-order valence-electron chi connectivity index (χ4n) is 3.44. The van der Waals surface area contributed by atoms with Crippen LogP contribution in [0.2, 0.25) is 0 Å². The molecule has 180 valence electrons. The molecule has 3 rings (SSSR count). The van der Waals surface area contributed by atoms with Crippen LogP contribution >= 0.6 is 0 Å². The van der Waals surface area contributed by atoms with Crippen molar-refractivity contribution < 1.29 is 39.9 Å². The molecule has 0 bridgehead atoms. The van der Waals surface area contributed by atoms with Gasteiger partial charge in [-0.1, -0.05) is 19.1 Å². The molecule has 1 unspecified atom stereocenters. The fraction of sp³-hybridized carbons (Fsp3) is 0.409. The number of sulfone groups is 1. The van der Waals surface area contributed by atoms with Crippen molar-refractivity contribution in [1.82, 2.24) is 0 Å². The number of carbonyl (C=O) groups is 1. The van der Waals surface area contributed by atoms with Crippen molar-refractivity contribution in [2.24, 2.45) is 0 Å². The molecule has 1 amide bonds. The van der Waals surface area contributed by atoms with Crippen LogP contribution in [0, 0.1) is 0 Å². The van der Waals surface area contributed by atoms with Gasteiger partial charge < -0.3 is 4.74 Å². The Morgan fingerprint density at radius 1 is 1.00 bits per heavy atom. The van der Waals surface area contributed by atoms with Gasteiger partial charge in [0.15, 0.2) is 9.84 Å². The van der Waals surface area contributed by atoms with E-state index < -0.39 is 56.4 Å². The third-order valence-corrected chi connectivity index (χ3v) is 8.32. The number of hydrogen-bond acceptors (Lipinski definition) is 4. The highest BCUT2D eigenvalue weighted by Gasteiger charge is 2.50. The molecule has 2 aromatic carbocycles. The van der Waals surface area contributed by atoms with Gasteiger partial charge in [0.1, 0.15) is 10.9 Å². The summed E-state index contributed by atoms with van der Waals surface area (Å²) in [5.41, 5.74) is -1.24. The second-order valence-electron chi connectivity index (χ2n) is 8.22. The number of halogens is 5. The van der Waals surface area contributed by atoms with Gasteiger partial charge in [-0.05, 0) is 50.2 Å². The molecule has 0 N–H and O–H groups in total. The number of carbonyl (C=O) groups excluding carboxylic acids is 1. The lowest BCUT2D eigenvalue weighted by atomic mass is 10.1. The summed E-state index contributed by atoms with van der Waals surface area (Å²) in [5.74, 6) is -3.21. The van der Waals surface area contributed by atoms with Crippen molar-refractivity contribution in [2.45, 2.75) is 55.0 Å². The number of anilines is 1. The smallest absolute Gasteiger partial charge is 0.416 e. The van der Waals surface area contributed by atoms with E-state index in [4.69, 9.17) is 4.74 Å². The number of rotatable bonds is 6. The number of amides is 1. The van der Waals surface area contributed by atoms with Gasteiger partial charge in [-0.25, -0.2) is 22.0 Å². The Morgan fingerprint density at radius 2 is 1.61 bits per heavy atom. The number of nitrogens with zero attached hydrogens (tertiary/aromatic N) is 1. The van der Waals surface area contributed by atoms with Crippen LogP contribution in [0.1, 0.15) is 38.3 Å². The van der Waals surface area contributed by atoms with Gasteiger partial charge in [0.25, 0.3) is 5.92 Å². The highest BCUT2D eigenvalue weighted by atomic mass is 32.2. The van der Waals surface area contributed by atoms with Crippen LogP contribution in [0.4, 0.5) is 32.4 Å². The van der Waals surface area contributed by atoms with Gasteiger partial charge in [0.05, 0.1) is 17.0 Å². The third-order valence-electron chi connectivity index (χ3n) is 5.80. The van der Waals surface area contributed by atoms with E-state index in [2.05, 4.69) is 0 Å². The first-order valence-corrected chi connectivity index (χ1v) is 11.5. The molecule has 1 heterocycles. The minimum absolute atomic E-state index is 0.105. The van der Waals surface area contributed by atoms with E-state index in [1.165, 1.54) is 32.9 Å². The average molecular weight is 491 g/mol. The number of hydrogen-bond donors (Lipinski definition) is 0. The predicted octanol–water partition coefficient (Wildman–Crippen LogP) is 5.78. The zero-order valence-corrected chi connectivity index (χ0v) is 18.8. The first kappa shape index (κ1) is 24.9. The standard InChI is InChI=1S/C22H22F5NO4S/c1-4-21(23,24)15-6-5-7-17(12-15)33(30,31)20(2,3)18-13-28(19(29)32-18)16-10-8-14(9-11-16)22(25,26)27/h5-12,18H,4,13H2,1-3H3. The van der Waals surface area contributed by atoms with Crippen molar-refractivity contribution in [3.63, 3.8) is 0 Å². The topological polar surface area (TPSA) is 63.7 Å². The minimum Gasteiger partial charge on any atom is -0.442 e. The number of alkyl halides is 5. The maximum Gasteiger partial charge on any atom is 0.416 e. The van der Waals surface area contributed by atoms with Crippen LogP contribution < -0.4 is 4.90 Å². The molecule has 0 spiro atoms. The van der Waals surface area contributed by atoms with E-state index >= 15 is 0 Å². The van der Waals surface area contributed by atoms with E-state index in [0.717, 1.165) is 41.3 Å². The van der Waals surface area contributed by atoms with Gasteiger partial charge >= 0.3 is 12.3 Å². The quantitative estimate of drug-likeness (QED) is 0.481. The molecule has 1 atom stereocenters. The van der Waals surface area contributed by atoms with E-state index in [1.807, 2.05) is 0 Å². The molecular formula is C22H22F5NO4S. The highest BCUT2D eigenvalue weighted by Crippen LogP contribution is 2.38. The Labute approximate surface area is 188 Å². The van der Waals surface area contributed by atoms with E-state index in [1.54, 1.807) is 0 Å². The van der Waals surface area contributed by atoms with Crippen LogP contribution in [-0.2, 0) is 26.7 Å². The normalized spacial score (nSPS) is 17.9. The van der Waals surface area contributed by atoms with Crippen molar-refractivity contribution in [3.8, 4) is 0 Å². The Morgan fingerprint density at radius 3 is 2.15 bits per heavy atom. The van der Waals surface area contributed by atoms with Gasteiger partial charge in [-0.2, -0.15) is 13.2 Å². The molecule has 11 heteroatoms. The second-order valence-corrected chi connectivity index (χ2v) is 10.8. The van der Waals surface area contributed by atoms with Gasteiger partial charge in [0, 0.05) is 17.7 Å². The summed E-state index contributed by atoms with van der Waals surface area (Å²) in [7, 11) is -4.25. The van der Waals surface area contributed by atoms with Crippen LogP contribution in [0.25, 0.3) is 0 Å². The van der Waals surface area contributed by atoms with Crippen LogP contribution in [-0.4, -0.2) is 31.9 Å². The molecule has 1 aliphatic heterocycles.